The number of nitrogens with zero attached hydrogens (tertiary/aromatic N) is 1. The predicted molar refractivity (Wildman–Crippen MR) is 83.9 cm³/mol. The Hall–Kier alpha value is -1.83. The van der Waals surface area contributed by atoms with Gasteiger partial charge >= 0.3 is 0 Å². The third kappa shape index (κ3) is 4.59. The van der Waals surface area contributed by atoms with Crippen molar-refractivity contribution >= 4 is 27.3 Å². The highest BCUT2D eigenvalue weighted by molar-refractivity contribution is 7.92. The van der Waals surface area contributed by atoms with E-state index in [9.17, 15) is 8.42 Å². The Morgan fingerprint density at radius 3 is 2.55 bits per heavy atom. The van der Waals surface area contributed by atoms with Crippen molar-refractivity contribution in [2.75, 3.05) is 25.0 Å². The van der Waals surface area contributed by atoms with Gasteiger partial charge in [0, 0.05) is 13.3 Å². The van der Waals surface area contributed by atoms with E-state index in [1.54, 1.807) is 19.2 Å². The summed E-state index contributed by atoms with van der Waals surface area (Å²) >= 11 is 5.73. The lowest BCUT2D eigenvalue weighted by Crippen LogP contribution is -2.13. The molecule has 0 aliphatic carbocycles. The standard InChI is InChI=1S/C14H15ClN2O4S/c1-20-8-9-21-12-2-4-13(5-3-12)22(18,19)17-11-6-7-16-14(15)10-11/h2-7,10H,8-9H2,1H3,(H,16,17). The van der Waals surface area contributed by atoms with Gasteiger partial charge in [-0.05, 0) is 36.4 Å². The molecule has 6 nitrogen and oxygen atoms in total. The van der Waals surface area contributed by atoms with E-state index in [1.807, 2.05) is 0 Å². The fourth-order valence-electron chi connectivity index (χ4n) is 1.64. The largest absolute Gasteiger partial charge is 0.491 e. The number of ether oxygens (including phenoxy) is 2. The normalized spacial score (nSPS) is 11.2. The van der Waals surface area contributed by atoms with Gasteiger partial charge in [-0.15, -0.1) is 0 Å². The maximum absolute atomic E-state index is 12.2. The summed E-state index contributed by atoms with van der Waals surface area (Å²) in [6, 6.07) is 9.06. The van der Waals surface area contributed by atoms with Crippen LogP contribution in [-0.2, 0) is 14.8 Å². The van der Waals surface area contributed by atoms with E-state index in [4.69, 9.17) is 21.1 Å². The summed E-state index contributed by atoms with van der Waals surface area (Å²) in [5, 5.41) is 0.210. The van der Waals surface area contributed by atoms with E-state index >= 15 is 0 Å². The lowest BCUT2D eigenvalue weighted by atomic mass is 10.3. The van der Waals surface area contributed by atoms with E-state index in [0.717, 1.165) is 0 Å². The van der Waals surface area contributed by atoms with Crippen LogP contribution in [0.5, 0.6) is 5.75 Å². The van der Waals surface area contributed by atoms with Crippen molar-refractivity contribution < 1.29 is 17.9 Å². The minimum Gasteiger partial charge on any atom is -0.491 e. The molecule has 1 aromatic carbocycles. The molecule has 0 aliphatic rings. The first-order valence-corrected chi connectivity index (χ1v) is 8.23. The van der Waals surface area contributed by atoms with E-state index < -0.39 is 10.0 Å². The Balaban J connectivity index is 2.09. The fourth-order valence-corrected chi connectivity index (χ4v) is 2.86. The number of rotatable bonds is 7. The number of nitrogens with one attached hydrogen (secondary N) is 1. The van der Waals surface area contributed by atoms with Crippen LogP contribution in [0.3, 0.4) is 0 Å². The van der Waals surface area contributed by atoms with Crippen LogP contribution in [0.25, 0.3) is 0 Å². The zero-order valence-corrected chi connectivity index (χ0v) is 13.4. The Kier molecular flexibility index (Phi) is 5.59. The molecule has 0 fully saturated rings. The smallest absolute Gasteiger partial charge is 0.261 e. The van der Waals surface area contributed by atoms with Crippen LogP contribution in [-0.4, -0.2) is 33.7 Å². The molecule has 0 unspecified atom stereocenters. The fraction of sp³-hybridized carbons (Fsp3) is 0.214. The molecule has 0 saturated carbocycles. The third-order valence-electron chi connectivity index (χ3n) is 2.67. The van der Waals surface area contributed by atoms with Crippen LogP contribution < -0.4 is 9.46 Å². The molecule has 118 valence electrons. The molecule has 8 heteroatoms. The zero-order valence-electron chi connectivity index (χ0n) is 11.8. The van der Waals surface area contributed by atoms with E-state index in [-0.39, 0.29) is 10.0 Å². The van der Waals surface area contributed by atoms with Crippen LogP contribution >= 0.6 is 11.6 Å². The maximum atomic E-state index is 12.2. The number of aromatic nitrogens is 1. The van der Waals surface area contributed by atoms with Crippen molar-refractivity contribution in [2.24, 2.45) is 0 Å². The van der Waals surface area contributed by atoms with Crippen LogP contribution in [0.15, 0.2) is 47.5 Å². The molecular weight excluding hydrogens is 328 g/mol. The molecule has 0 atom stereocenters. The molecule has 0 bridgehead atoms. The third-order valence-corrected chi connectivity index (χ3v) is 4.27. The summed E-state index contributed by atoms with van der Waals surface area (Å²) in [5.74, 6) is 0.572. The van der Waals surface area contributed by atoms with Crippen LogP contribution in [0.1, 0.15) is 0 Å². The topological polar surface area (TPSA) is 77.5 Å². The number of anilines is 1. The minimum atomic E-state index is -3.69. The summed E-state index contributed by atoms with van der Waals surface area (Å²) in [5.41, 5.74) is 0.348. The molecule has 0 amide bonds. The lowest BCUT2D eigenvalue weighted by Gasteiger charge is -2.09. The predicted octanol–water partition coefficient (Wildman–Crippen LogP) is 2.56. The first kappa shape index (κ1) is 16.5. The van der Waals surface area contributed by atoms with Crippen molar-refractivity contribution in [1.29, 1.82) is 0 Å². The maximum Gasteiger partial charge on any atom is 0.261 e. The Morgan fingerprint density at radius 1 is 1.18 bits per heavy atom. The summed E-state index contributed by atoms with van der Waals surface area (Å²) in [7, 11) is -2.11. The first-order valence-electron chi connectivity index (χ1n) is 6.37. The van der Waals surface area contributed by atoms with E-state index in [0.29, 0.717) is 24.7 Å². The number of pyridine rings is 1. The molecule has 1 aromatic heterocycles. The highest BCUT2D eigenvalue weighted by Gasteiger charge is 2.14. The van der Waals surface area contributed by atoms with Gasteiger partial charge in [0.05, 0.1) is 17.2 Å². The summed E-state index contributed by atoms with van der Waals surface area (Å²) < 4.78 is 37.2. The molecule has 1 N–H and O–H groups in total. The first-order chi connectivity index (χ1) is 10.5. The Morgan fingerprint density at radius 2 is 1.91 bits per heavy atom. The van der Waals surface area contributed by atoms with Gasteiger partial charge in [0.15, 0.2) is 0 Å². The van der Waals surface area contributed by atoms with Crippen molar-refractivity contribution in [3.63, 3.8) is 0 Å². The second kappa shape index (κ2) is 7.44. The quantitative estimate of drug-likeness (QED) is 0.618. The van der Waals surface area contributed by atoms with Crippen LogP contribution in [0.4, 0.5) is 5.69 Å². The van der Waals surface area contributed by atoms with Gasteiger partial charge in [0.2, 0.25) is 0 Å². The average molecular weight is 343 g/mol. The molecule has 22 heavy (non-hydrogen) atoms. The van der Waals surface area contributed by atoms with Crippen molar-refractivity contribution in [3.05, 3.63) is 47.7 Å². The Bertz CT molecular complexity index is 720. The van der Waals surface area contributed by atoms with E-state index in [1.165, 1.54) is 30.5 Å². The van der Waals surface area contributed by atoms with Crippen molar-refractivity contribution in [3.8, 4) is 5.75 Å². The van der Waals surface area contributed by atoms with Gasteiger partial charge in [0.25, 0.3) is 10.0 Å². The molecule has 0 spiro atoms. The summed E-state index contributed by atoms with van der Waals surface area (Å²) in [6.45, 7) is 0.862. The minimum absolute atomic E-state index is 0.125. The summed E-state index contributed by atoms with van der Waals surface area (Å²) in [4.78, 5) is 3.92. The highest BCUT2D eigenvalue weighted by atomic mass is 35.5. The van der Waals surface area contributed by atoms with Gasteiger partial charge in [-0.25, -0.2) is 13.4 Å². The Labute approximate surface area is 134 Å². The molecule has 2 rings (SSSR count). The van der Waals surface area contributed by atoms with E-state index in [2.05, 4.69) is 9.71 Å². The second-order valence-corrected chi connectivity index (χ2v) is 6.36. The molecule has 0 radical (unpaired) electrons. The zero-order chi connectivity index (χ0) is 16.0. The number of sulfonamides is 1. The molecule has 0 saturated heterocycles. The number of methoxy groups -OCH3 is 1. The number of hydrogen-bond acceptors (Lipinski definition) is 5. The highest BCUT2D eigenvalue weighted by Crippen LogP contribution is 2.20. The van der Waals surface area contributed by atoms with Gasteiger partial charge < -0.3 is 9.47 Å². The van der Waals surface area contributed by atoms with Gasteiger partial charge in [-0.1, -0.05) is 11.6 Å². The number of benzene rings is 1. The average Bonchev–Trinajstić information content (AvgIpc) is 2.47. The van der Waals surface area contributed by atoms with Crippen LogP contribution in [0.2, 0.25) is 5.15 Å². The van der Waals surface area contributed by atoms with Gasteiger partial charge in [-0.3, -0.25) is 4.72 Å². The molecule has 1 heterocycles. The number of hydrogen-bond donors (Lipinski definition) is 1. The van der Waals surface area contributed by atoms with Gasteiger partial charge in [-0.2, -0.15) is 0 Å². The second-order valence-electron chi connectivity index (χ2n) is 4.29. The number of halogens is 1. The monoisotopic (exact) mass is 342 g/mol. The molecule has 0 aliphatic heterocycles. The SMILES string of the molecule is COCCOc1ccc(S(=O)(=O)Nc2ccnc(Cl)c2)cc1. The van der Waals surface area contributed by atoms with Crippen molar-refractivity contribution in [2.45, 2.75) is 4.90 Å². The lowest BCUT2D eigenvalue weighted by molar-refractivity contribution is 0.146. The summed E-state index contributed by atoms with van der Waals surface area (Å²) in [6.07, 6.45) is 1.42. The van der Waals surface area contributed by atoms with Crippen LogP contribution in [0, 0.1) is 0 Å². The molecule has 2 aromatic rings. The molecular formula is C14H15ClN2O4S. The van der Waals surface area contributed by atoms with Crippen molar-refractivity contribution in [1.82, 2.24) is 4.98 Å². The van der Waals surface area contributed by atoms with Gasteiger partial charge in [0.1, 0.15) is 17.5 Å².